The molecule has 0 saturated heterocycles. The van der Waals surface area contributed by atoms with E-state index in [4.69, 9.17) is 9.15 Å². The fraction of sp³-hybridized carbons (Fsp3) is 0.714. The number of carbonyl (C=O) groups is 1. The number of aromatic nitrogens is 1. The molecule has 0 bridgehead atoms. The van der Waals surface area contributed by atoms with Gasteiger partial charge in [0.1, 0.15) is 6.26 Å². The summed E-state index contributed by atoms with van der Waals surface area (Å²) in [6.07, 6.45) is 4.84. The van der Waals surface area contributed by atoms with Crippen LogP contribution in [-0.4, -0.2) is 23.6 Å². The molecule has 0 spiro atoms. The third-order valence-electron chi connectivity index (χ3n) is 3.49. The number of nitrogens with zero attached hydrogens (tertiary/aromatic N) is 1. The van der Waals surface area contributed by atoms with E-state index in [-0.39, 0.29) is 5.69 Å². The van der Waals surface area contributed by atoms with E-state index in [1.54, 1.807) is 6.92 Å². The first-order valence-electron chi connectivity index (χ1n) is 6.97. The molecular weight excluding hydrogens is 244 g/mol. The smallest absolute Gasteiger partial charge is 0.360 e. The van der Waals surface area contributed by atoms with Crippen LogP contribution in [0.4, 0.5) is 6.01 Å². The summed E-state index contributed by atoms with van der Waals surface area (Å²) in [5, 5.41) is 3.27. The highest BCUT2D eigenvalue weighted by Crippen LogP contribution is 2.30. The van der Waals surface area contributed by atoms with Crippen molar-refractivity contribution in [3.8, 4) is 0 Å². The highest BCUT2D eigenvalue weighted by atomic mass is 16.5. The molecule has 0 radical (unpaired) electrons. The van der Waals surface area contributed by atoms with Crippen molar-refractivity contribution in [2.45, 2.75) is 46.1 Å². The maximum Gasteiger partial charge on any atom is 0.360 e. The highest BCUT2D eigenvalue weighted by molar-refractivity contribution is 5.87. The van der Waals surface area contributed by atoms with Crippen molar-refractivity contribution in [3.63, 3.8) is 0 Å². The van der Waals surface area contributed by atoms with E-state index in [2.05, 4.69) is 24.1 Å². The lowest BCUT2D eigenvalue weighted by Crippen LogP contribution is -2.30. The van der Waals surface area contributed by atoms with Crippen LogP contribution in [0, 0.1) is 11.8 Å². The van der Waals surface area contributed by atoms with Crippen molar-refractivity contribution >= 4 is 12.0 Å². The topological polar surface area (TPSA) is 64.4 Å². The second-order valence-corrected chi connectivity index (χ2v) is 5.52. The van der Waals surface area contributed by atoms with Crippen LogP contribution in [0.15, 0.2) is 10.7 Å². The lowest BCUT2D eigenvalue weighted by atomic mass is 9.80. The summed E-state index contributed by atoms with van der Waals surface area (Å²) < 4.78 is 10.2. The molecule has 0 aromatic carbocycles. The Bertz CT molecular complexity index is 420. The molecule has 106 valence electrons. The molecule has 0 aliphatic heterocycles. The Morgan fingerprint density at radius 2 is 2.11 bits per heavy atom. The molecule has 1 fully saturated rings. The fourth-order valence-corrected chi connectivity index (χ4v) is 2.88. The Morgan fingerprint density at radius 1 is 1.42 bits per heavy atom. The van der Waals surface area contributed by atoms with Crippen LogP contribution in [0.3, 0.4) is 0 Å². The fourth-order valence-electron chi connectivity index (χ4n) is 2.88. The average molecular weight is 266 g/mol. The standard InChI is InChI=1S/C14H22N2O3/c1-4-18-13(17)12-8-19-14(16-12)15-11-6-9(2)5-10(3)7-11/h8-11H,4-7H2,1-3H3,(H,15,16). The van der Waals surface area contributed by atoms with E-state index in [0.717, 1.165) is 12.8 Å². The first-order valence-corrected chi connectivity index (χ1v) is 6.97. The van der Waals surface area contributed by atoms with Crippen LogP contribution in [0.25, 0.3) is 0 Å². The van der Waals surface area contributed by atoms with Crippen molar-refractivity contribution in [3.05, 3.63) is 12.0 Å². The molecular formula is C14H22N2O3. The summed E-state index contributed by atoms with van der Waals surface area (Å²) in [6, 6.07) is 0.779. The van der Waals surface area contributed by atoms with Gasteiger partial charge in [-0.2, -0.15) is 4.98 Å². The number of anilines is 1. The lowest BCUT2D eigenvalue weighted by Gasteiger charge is -2.31. The van der Waals surface area contributed by atoms with Gasteiger partial charge in [0.15, 0.2) is 5.69 Å². The second-order valence-electron chi connectivity index (χ2n) is 5.52. The Morgan fingerprint density at radius 3 is 2.74 bits per heavy atom. The normalized spacial score (nSPS) is 27.0. The van der Waals surface area contributed by atoms with Gasteiger partial charge in [-0.25, -0.2) is 4.79 Å². The number of carbonyl (C=O) groups excluding carboxylic acids is 1. The van der Waals surface area contributed by atoms with E-state index in [9.17, 15) is 4.79 Å². The van der Waals surface area contributed by atoms with Crippen LogP contribution in [0.2, 0.25) is 0 Å². The Balaban J connectivity index is 1.94. The van der Waals surface area contributed by atoms with Crippen LogP contribution in [0.5, 0.6) is 0 Å². The van der Waals surface area contributed by atoms with Gasteiger partial charge < -0.3 is 14.5 Å². The van der Waals surface area contributed by atoms with Crippen molar-refractivity contribution in [2.24, 2.45) is 11.8 Å². The first-order chi connectivity index (χ1) is 9.08. The minimum absolute atomic E-state index is 0.223. The number of nitrogens with one attached hydrogen (secondary N) is 1. The Hall–Kier alpha value is -1.52. The third-order valence-corrected chi connectivity index (χ3v) is 3.49. The van der Waals surface area contributed by atoms with Gasteiger partial charge in [-0.1, -0.05) is 13.8 Å². The zero-order valence-corrected chi connectivity index (χ0v) is 11.8. The molecule has 5 nitrogen and oxygen atoms in total. The van der Waals surface area contributed by atoms with Crippen molar-refractivity contribution in [1.82, 2.24) is 4.98 Å². The number of hydrogen-bond donors (Lipinski definition) is 1. The lowest BCUT2D eigenvalue weighted by molar-refractivity contribution is 0.0519. The van der Waals surface area contributed by atoms with Gasteiger partial charge in [-0.15, -0.1) is 0 Å². The second kappa shape index (κ2) is 6.08. The Labute approximate surface area is 113 Å². The molecule has 2 atom stereocenters. The van der Waals surface area contributed by atoms with Crippen LogP contribution < -0.4 is 5.32 Å². The average Bonchev–Trinajstić information content (AvgIpc) is 2.76. The molecule has 1 saturated carbocycles. The van der Waals surface area contributed by atoms with Gasteiger partial charge in [0.05, 0.1) is 6.61 Å². The third kappa shape index (κ3) is 3.72. The van der Waals surface area contributed by atoms with Gasteiger partial charge in [0.25, 0.3) is 6.01 Å². The van der Waals surface area contributed by atoms with E-state index in [0.29, 0.717) is 30.5 Å². The summed E-state index contributed by atoms with van der Waals surface area (Å²) in [5.74, 6) is 0.978. The van der Waals surface area contributed by atoms with E-state index in [1.165, 1.54) is 12.7 Å². The molecule has 5 heteroatoms. The summed E-state index contributed by atoms with van der Waals surface area (Å²) in [5.41, 5.74) is 0.223. The van der Waals surface area contributed by atoms with Gasteiger partial charge in [-0.05, 0) is 38.0 Å². The van der Waals surface area contributed by atoms with E-state index < -0.39 is 5.97 Å². The van der Waals surface area contributed by atoms with Crippen molar-refractivity contribution in [2.75, 3.05) is 11.9 Å². The molecule has 2 rings (SSSR count). The van der Waals surface area contributed by atoms with Crippen LogP contribution >= 0.6 is 0 Å². The predicted molar refractivity (Wildman–Crippen MR) is 72.0 cm³/mol. The van der Waals surface area contributed by atoms with Crippen molar-refractivity contribution in [1.29, 1.82) is 0 Å². The zero-order valence-electron chi connectivity index (χ0n) is 11.8. The van der Waals surface area contributed by atoms with Crippen LogP contribution in [-0.2, 0) is 4.74 Å². The van der Waals surface area contributed by atoms with Crippen LogP contribution in [0.1, 0.15) is 50.5 Å². The molecule has 1 aromatic rings. The predicted octanol–water partition coefficient (Wildman–Crippen LogP) is 3.09. The number of oxazole rings is 1. The number of ether oxygens (including phenoxy) is 1. The van der Waals surface area contributed by atoms with Gasteiger partial charge in [-0.3, -0.25) is 0 Å². The first kappa shape index (κ1) is 13.9. The monoisotopic (exact) mass is 266 g/mol. The quantitative estimate of drug-likeness (QED) is 0.848. The minimum Gasteiger partial charge on any atom is -0.461 e. The Kier molecular flexibility index (Phi) is 4.45. The molecule has 2 unspecified atom stereocenters. The molecule has 1 aliphatic rings. The molecule has 1 heterocycles. The minimum atomic E-state index is -0.440. The maximum atomic E-state index is 11.5. The van der Waals surface area contributed by atoms with Gasteiger partial charge in [0.2, 0.25) is 0 Å². The largest absolute Gasteiger partial charge is 0.461 e. The van der Waals surface area contributed by atoms with Gasteiger partial charge >= 0.3 is 5.97 Å². The zero-order chi connectivity index (χ0) is 13.8. The van der Waals surface area contributed by atoms with Gasteiger partial charge in [0, 0.05) is 6.04 Å². The molecule has 1 N–H and O–H groups in total. The number of rotatable bonds is 4. The molecule has 1 aliphatic carbocycles. The summed E-state index contributed by atoms with van der Waals surface area (Å²) in [6.45, 7) is 6.64. The molecule has 0 amide bonds. The van der Waals surface area contributed by atoms with E-state index >= 15 is 0 Å². The van der Waals surface area contributed by atoms with E-state index in [1.807, 2.05) is 0 Å². The number of hydrogen-bond acceptors (Lipinski definition) is 5. The number of esters is 1. The van der Waals surface area contributed by atoms with Crippen molar-refractivity contribution < 1.29 is 13.9 Å². The summed E-state index contributed by atoms with van der Waals surface area (Å²) >= 11 is 0. The maximum absolute atomic E-state index is 11.5. The summed E-state index contributed by atoms with van der Waals surface area (Å²) in [4.78, 5) is 15.6. The molecule has 1 aromatic heterocycles. The summed E-state index contributed by atoms with van der Waals surface area (Å²) in [7, 11) is 0. The highest BCUT2D eigenvalue weighted by Gasteiger charge is 2.25. The molecule has 19 heavy (non-hydrogen) atoms. The SMILES string of the molecule is CCOC(=O)c1coc(NC2CC(C)CC(C)C2)n1.